The summed E-state index contributed by atoms with van der Waals surface area (Å²) < 4.78 is 25.6. The number of morpholine rings is 1. The van der Waals surface area contributed by atoms with Crippen molar-refractivity contribution in [1.82, 2.24) is 5.32 Å². The molecule has 3 rings (SSSR count). The van der Waals surface area contributed by atoms with Gasteiger partial charge in [0.05, 0.1) is 16.9 Å². The van der Waals surface area contributed by atoms with Gasteiger partial charge in [-0.2, -0.15) is 0 Å². The largest absolute Gasteiger partial charge is 0.457 e. The molecule has 28 heavy (non-hydrogen) atoms. The molecule has 2 N–H and O–H groups in total. The molecular weight excluding hydrogens is 425 g/mol. The first-order chi connectivity index (χ1) is 13.3. The van der Waals surface area contributed by atoms with E-state index in [4.69, 9.17) is 9.47 Å². The SMILES string of the molecule is Cc1cc(Oc2ccc(F)c(Br)c2)c(C)cc1NC=NC1(C)CNCC(C)O1. The highest BCUT2D eigenvalue weighted by molar-refractivity contribution is 9.10. The van der Waals surface area contributed by atoms with Gasteiger partial charge < -0.3 is 20.1 Å². The number of anilines is 1. The molecule has 0 aromatic heterocycles. The Morgan fingerprint density at radius 2 is 2.11 bits per heavy atom. The van der Waals surface area contributed by atoms with Gasteiger partial charge in [-0.05, 0) is 85.1 Å². The summed E-state index contributed by atoms with van der Waals surface area (Å²) in [5, 5.41) is 6.56. The van der Waals surface area contributed by atoms with Crippen LogP contribution in [0.1, 0.15) is 25.0 Å². The van der Waals surface area contributed by atoms with Gasteiger partial charge in [0.1, 0.15) is 17.3 Å². The number of halogens is 2. The van der Waals surface area contributed by atoms with Crippen LogP contribution in [0.15, 0.2) is 39.8 Å². The maximum Gasteiger partial charge on any atom is 0.170 e. The van der Waals surface area contributed by atoms with Crippen molar-refractivity contribution in [2.24, 2.45) is 4.99 Å². The molecule has 150 valence electrons. The molecule has 1 heterocycles. The van der Waals surface area contributed by atoms with Crippen LogP contribution < -0.4 is 15.4 Å². The zero-order valence-electron chi connectivity index (χ0n) is 16.5. The molecule has 1 aliphatic heterocycles. The van der Waals surface area contributed by atoms with E-state index in [0.717, 1.165) is 29.1 Å². The Bertz CT molecular complexity index is 890. The quantitative estimate of drug-likeness (QED) is 0.488. The fourth-order valence-electron chi connectivity index (χ4n) is 3.06. The van der Waals surface area contributed by atoms with Crippen LogP contribution in [0.5, 0.6) is 11.5 Å². The van der Waals surface area contributed by atoms with Crippen molar-refractivity contribution in [2.45, 2.75) is 39.5 Å². The van der Waals surface area contributed by atoms with Crippen molar-refractivity contribution in [3.8, 4) is 11.5 Å². The second kappa shape index (κ2) is 8.59. The van der Waals surface area contributed by atoms with E-state index in [1.807, 2.05) is 39.8 Å². The minimum absolute atomic E-state index is 0.128. The normalized spacial score (nSPS) is 22.4. The van der Waals surface area contributed by atoms with Crippen LogP contribution in [0.3, 0.4) is 0 Å². The molecule has 0 bridgehead atoms. The molecule has 7 heteroatoms. The number of nitrogens with one attached hydrogen (secondary N) is 2. The molecular formula is C21H25BrFN3O2. The molecule has 0 radical (unpaired) electrons. The highest BCUT2D eigenvalue weighted by Gasteiger charge is 2.29. The number of hydrogen-bond donors (Lipinski definition) is 2. The van der Waals surface area contributed by atoms with E-state index in [9.17, 15) is 4.39 Å². The molecule has 0 saturated carbocycles. The highest BCUT2D eigenvalue weighted by Crippen LogP contribution is 2.32. The highest BCUT2D eigenvalue weighted by atomic mass is 79.9. The minimum atomic E-state index is -0.577. The smallest absolute Gasteiger partial charge is 0.170 e. The van der Waals surface area contributed by atoms with Gasteiger partial charge >= 0.3 is 0 Å². The Kier molecular flexibility index (Phi) is 6.37. The summed E-state index contributed by atoms with van der Waals surface area (Å²) in [7, 11) is 0. The van der Waals surface area contributed by atoms with Crippen LogP contribution in [-0.2, 0) is 4.74 Å². The number of aryl methyl sites for hydroxylation is 2. The summed E-state index contributed by atoms with van der Waals surface area (Å²) in [5.41, 5.74) is 2.33. The Balaban J connectivity index is 1.71. The van der Waals surface area contributed by atoms with E-state index < -0.39 is 5.72 Å². The van der Waals surface area contributed by atoms with Gasteiger partial charge in [0, 0.05) is 18.8 Å². The summed E-state index contributed by atoms with van der Waals surface area (Å²) in [5.74, 6) is 0.973. The first kappa shape index (κ1) is 20.8. The fourth-order valence-corrected chi connectivity index (χ4v) is 3.42. The Labute approximate surface area is 173 Å². The van der Waals surface area contributed by atoms with Gasteiger partial charge in [-0.25, -0.2) is 9.38 Å². The van der Waals surface area contributed by atoms with E-state index >= 15 is 0 Å². The average Bonchev–Trinajstić information content (AvgIpc) is 2.62. The van der Waals surface area contributed by atoms with Crippen LogP contribution >= 0.6 is 15.9 Å². The van der Waals surface area contributed by atoms with Gasteiger partial charge in [-0.15, -0.1) is 0 Å². The predicted octanol–water partition coefficient (Wildman–Crippen LogP) is 5.16. The molecule has 1 saturated heterocycles. The second-order valence-corrected chi connectivity index (χ2v) is 8.10. The second-order valence-electron chi connectivity index (χ2n) is 7.25. The van der Waals surface area contributed by atoms with E-state index in [0.29, 0.717) is 16.8 Å². The van der Waals surface area contributed by atoms with Gasteiger partial charge in [-0.1, -0.05) is 0 Å². The predicted molar refractivity (Wildman–Crippen MR) is 114 cm³/mol. The number of hydrogen-bond acceptors (Lipinski definition) is 4. The maximum absolute atomic E-state index is 13.4. The Morgan fingerprint density at radius 1 is 1.32 bits per heavy atom. The van der Waals surface area contributed by atoms with E-state index in [1.165, 1.54) is 6.07 Å². The number of nitrogens with zero attached hydrogens (tertiary/aromatic N) is 1. The van der Waals surface area contributed by atoms with Gasteiger partial charge in [0.15, 0.2) is 5.72 Å². The van der Waals surface area contributed by atoms with Crippen molar-refractivity contribution in [3.05, 3.63) is 51.7 Å². The Morgan fingerprint density at radius 3 is 2.82 bits per heavy atom. The Hall–Kier alpha value is -1.96. The third-order valence-corrected chi connectivity index (χ3v) is 5.15. The van der Waals surface area contributed by atoms with Crippen molar-refractivity contribution in [3.63, 3.8) is 0 Å². The molecule has 2 atom stereocenters. The van der Waals surface area contributed by atoms with E-state index in [-0.39, 0.29) is 11.9 Å². The van der Waals surface area contributed by atoms with Crippen LogP contribution in [-0.4, -0.2) is 31.3 Å². The third kappa shape index (κ3) is 5.10. The van der Waals surface area contributed by atoms with E-state index in [2.05, 4.69) is 31.6 Å². The molecule has 2 aromatic carbocycles. The van der Waals surface area contributed by atoms with E-state index in [1.54, 1.807) is 18.5 Å². The number of aliphatic imine (C=N–C) groups is 1. The van der Waals surface area contributed by atoms with Gasteiger partial charge in [0.2, 0.25) is 0 Å². The van der Waals surface area contributed by atoms with Crippen molar-refractivity contribution in [1.29, 1.82) is 0 Å². The lowest BCUT2D eigenvalue weighted by Crippen LogP contribution is -2.50. The molecule has 2 unspecified atom stereocenters. The molecule has 0 spiro atoms. The third-order valence-electron chi connectivity index (χ3n) is 4.54. The lowest BCUT2D eigenvalue weighted by Gasteiger charge is -2.34. The summed E-state index contributed by atoms with van der Waals surface area (Å²) in [6.07, 6.45) is 1.81. The van der Waals surface area contributed by atoms with Crippen molar-refractivity contribution >= 4 is 28.0 Å². The number of ether oxygens (including phenoxy) is 2. The summed E-state index contributed by atoms with van der Waals surface area (Å²) in [6.45, 7) is 9.46. The summed E-state index contributed by atoms with van der Waals surface area (Å²) >= 11 is 3.18. The van der Waals surface area contributed by atoms with Gasteiger partial charge in [-0.3, -0.25) is 0 Å². The van der Waals surface area contributed by atoms with Crippen LogP contribution in [0.4, 0.5) is 10.1 Å². The lowest BCUT2D eigenvalue weighted by molar-refractivity contribution is -0.0910. The topological polar surface area (TPSA) is 54.9 Å². The standard InChI is InChI=1S/C21H25BrFN3O2/c1-13-8-20(27-16-5-6-18(23)17(22)9-16)14(2)7-19(13)25-12-26-21(4)11-24-10-15(3)28-21/h5-9,12,15,24H,10-11H2,1-4H3,(H,25,26). The molecule has 0 aliphatic carbocycles. The van der Waals surface area contributed by atoms with Gasteiger partial charge in [0.25, 0.3) is 0 Å². The lowest BCUT2D eigenvalue weighted by atomic mass is 10.1. The number of benzene rings is 2. The molecule has 1 fully saturated rings. The fraction of sp³-hybridized carbons (Fsp3) is 0.381. The average molecular weight is 450 g/mol. The first-order valence-electron chi connectivity index (χ1n) is 9.19. The monoisotopic (exact) mass is 449 g/mol. The van der Waals surface area contributed by atoms with Crippen LogP contribution in [0.25, 0.3) is 0 Å². The number of rotatable bonds is 5. The summed E-state index contributed by atoms with van der Waals surface area (Å²) in [6, 6.07) is 8.54. The molecule has 5 nitrogen and oxygen atoms in total. The van der Waals surface area contributed by atoms with Crippen molar-refractivity contribution in [2.75, 3.05) is 18.4 Å². The molecule has 1 aliphatic rings. The molecule has 0 amide bonds. The van der Waals surface area contributed by atoms with Crippen LogP contribution in [0, 0.1) is 19.7 Å². The first-order valence-corrected chi connectivity index (χ1v) is 9.98. The van der Waals surface area contributed by atoms with Crippen LogP contribution in [0.2, 0.25) is 0 Å². The summed E-state index contributed by atoms with van der Waals surface area (Å²) in [4.78, 5) is 4.55. The maximum atomic E-state index is 13.4. The zero-order chi connectivity index (χ0) is 20.3. The van der Waals surface area contributed by atoms with Crippen molar-refractivity contribution < 1.29 is 13.9 Å². The minimum Gasteiger partial charge on any atom is -0.457 e. The zero-order valence-corrected chi connectivity index (χ0v) is 18.1. The molecule has 2 aromatic rings.